The number of halogens is 1. The maximum atomic E-state index is 5.91. The van der Waals surface area contributed by atoms with E-state index in [9.17, 15) is 0 Å². The van der Waals surface area contributed by atoms with Crippen LogP contribution in [0.5, 0.6) is 0 Å². The highest BCUT2D eigenvalue weighted by atomic mass is 35.5. The Kier molecular flexibility index (Phi) is 3.02. The molecule has 0 aliphatic heterocycles. The van der Waals surface area contributed by atoms with Gasteiger partial charge in [-0.2, -0.15) is 0 Å². The van der Waals surface area contributed by atoms with E-state index in [1.165, 1.54) is 5.56 Å². The van der Waals surface area contributed by atoms with Gasteiger partial charge in [-0.05, 0) is 24.1 Å². The Balaban J connectivity index is 2.59. The molecule has 0 atom stereocenters. The van der Waals surface area contributed by atoms with E-state index >= 15 is 0 Å². The summed E-state index contributed by atoms with van der Waals surface area (Å²) < 4.78 is 0. The van der Waals surface area contributed by atoms with Gasteiger partial charge >= 0.3 is 0 Å². The van der Waals surface area contributed by atoms with Gasteiger partial charge in [0.15, 0.2) is 0 Å². The molecule has 0 aliphatic carbocycles. The van der Waals surface area contributed by atoms with Crippen molar-refractivity contribution < 1.29 is 0 Å². The van der Waals surface area contributed by atoms with Crippen LogP contribution in [-0.2, 0) is 5.88 Å². The Morgan fingerprint density at radius 3 is 2.53 bits per heavy atom. The fourth-order valence-electron chi connectivity index (χ4n) is 1.67. The SMILES string of the molecule is Cc1ncccc1-c1ccccc1CCl. The van der Waals surface area contributed by atoms with Gasteiger partial charge in [-0.1, -0.05) is 30.3 Å². The summed E-state index contributed by atoms with van der Waals surface area (Å²) in [5.41, 5.74) is 4.53. The van der Waals surface area contributed by atoms with Crippen LogP contribution in [0.4, 0.5) is 0 Å². The molecule has 1 aromatic heterocycles. The zero-order valence-corrected chi connectivity index (χ0v) is 9.33. The van der Waals surface area contributed by atoms with E-state index in [0.29, 0.717) is 5.88 Å². The van der Waals surface area contributed by atoms with Crippen LogP contribution in [0, 0.1) is 6.92 Å². The molecule has 0 saturated heterocycles. The van der Waals surface area contributed by atoms with Gasteiger partial charge in [-0.25, -0.2) is 0 Å². The lowest BCUT2D eigenvalue weighted by Gasteiger charge is -2.08. The molecule has 15 heavy (non-hydrogen) atoms. The Hall–Kier alpha value is -1.34. The first kappa shape index (κ1) is 10.2. The van der Waals surface area contributed by atoms with Crippen LogP contribution in [0.3, 0.4) is 0 Å². The zero-order valence-electron chi connectivity index (χ0n) is 8.57. The number of alkyl halides is 1. The van der Waals surface area contributed by atoms with Crippen LogP contribution in [0.15, 0.2) is 42.6 Å². The van der Waals surface area contributed by atoms with Crippen LogP contribution >= 0.6 is 11.6 Å². The summed E-state index contributed by atoms with van der Waals surface area (Å²) in [5.74, 6) is 0.532. The molecule has 0 N–H and O–H groups in total. The van der Waals surface area contributed by atoms with Crippen LogP contribution in [0.2, 0.25) is 0 Å². The Morgan fingerprint density at radius 1 is 1.07 bits per heavy atom. The monoisotopic (exact) mass is 217 g/mol. The number of aromatic nitrogens is 1. The number of pyridine rings is 1. The minimum absolute atomic E-state index is 0.532. The fourth-order valence-corrected chi connectivity index (χ4v) is 1.90. The second-order valence-corrected chi connectivity index (χ2v) is 3.69. The van der Waals surface area contributed by atoms with Crippen molar-refractivity contribution in [1.29, 1.82) is 0 Å². The molecule has 2 heteroatoms. The van der Waals surface area contributed by atoms with E-state index in [0.717, 1.165) is 16.8 Å². The van der Waals surface area contributed by atoms with Crippen molar-refractivity contribution in [2.45, 2.75) is 12.8 Å². The number of hydrogen-bond acceptors (Lipinski definition) is 1. The van der Waals surface area contributed by atoms with E-state index in [4.69, 9.17) is 11.6 Å². The molecule has 0 aliphatic rings. The second-order valence-electron chi connectivity index (χ2n) is 3.43. The Morgan fingerprint density at radius 2 is 1.80 bits per heavy atom. The molecule has 0 bridgehead atoms. The van der Waals surface area contributed by atoms with Crippen LogP contribution in [0.25, 0.3) is 11.1 Å². The molecule has 0 fully saturated rings. The normalized spacial score (nSPS) is 10.3. The van der Waals surface area contributed by atoms with Gasteiger partial charge < -0.3 is 0 Å². The lowest BCUT2D eigenvalue weighted by molar-refractivity contribution is 1.20. The second kappa shape index (κ2) is 4.45. The lowest BCUT2D eigenvalue weighted by atomic mass is 10.00. The van der Waals surface area contributed by atoms with Gasteiger partial charge in [-0.15, -0.1) is 11.6 Å². The van der Waals surface area contributed by atoms with Gasteiger partial charge in [0.05, 0.1) is 0 Å². The van der Waals surface area contributed by atoms with Crippen LogP contribution < -0.4 is 0 Å². The van der Waals surface area contributed by atoms with Crippen LogP contribution in [-0.4, -0.2) is 4.98 Å². The number of rotatable bonds is 2. The Labute approximate surface area is 94.7 Å². The first-order valence-electron chi connectivity index (χ1n) is 4.89. The standard InChI is InChI=1S/C13H12ClN/c1-10-12(7-4-8-15-10)13-6-3-2-5-11(13)9-14/h2-8H,9H2,1H3. The highest BCUT2D eigenvalue weighted by molar-refractivity contribution is 6.17. The fraction of sp³-hybridized carbons (Fsp3) is 0.154. The zero-order chi connectivity index (χ0) is 10.7. The van der Waals surface area contributed by atoms with E-state index in [-0.39, 0.29) is 0 Å². The van der Waals surface area contributed by atoms with Crippen molar-refractivity contribution in [3.8, 4) is 11.1 Å². The predicted octanol–water partition coefficient (Wildman–Crippen LogP) is 3.80. The minimum Gasteiger partial charge on any atom is -0.261 e. The van der Waals surface area contributed by atoms with E-state index < -0.39 is 0 Å². The van der Waals surface area contributed by atoms with Crippen molar-refractivity contribution in [2.24, 2.45) is 0 Å². The predicted molar refractivity (Wildman–Crippen MR) is 64.0 cm³/mol. The molecule has 2 rings (SSSR count). The van der Waals surface area contributed by atoms with Crippen LogP contribution in [0.1, 0.15) is 11.3 Å². The summed E-state index contributed by atoms with van der Waals surface area (Å²) in [6.07, 6.45) is 1.81. The van der Waals surface area contributed by atoms with Crippen molar-refractivity contribution in [3.05, 3.63) is 53.9 Å². The number of benzene rings is 1. The summed E-state index contributed by atoms with van der Waals surface area (Å²) in [4.78, 5) is 4.29. The van der Waals surface area contributed by atoms with Crippen molar-refractivity contribution in [3.63, 3.8) is 0 Å². The van der Waals surface area contributed by atoms with Gasteiger partial charge in [0.1, 0.15) is 0 Å². The summed E-state index contributed by atoms with van der Waals surface area (Å²) in [5, 5.41) is 0. The lowest BCUT2D eigenvalue weighted by Crippen LogP contribution is -1.90. The van der Waals surface area contributed by atoms with E-state index in [1.54, 1.807) is 0 Å². The maximum Gasteiger partial charge on any atom is 0.0480 e. The molecule has 1 heterocycles. The maximum absolute atomic E-state index is 5.91. The summed E-state index contributed by atoms with van der Waals surface area (Å²) in [6, 6.07) is 12.2. The molecule has 0 saturated carbocycles. The molecule has 0 amide bonds. The van der Waals surface area contributed by atoms with Crippen molar-refractivity contribution in [1.82, 2.24) is 4.98 Å². The molecular formula is C13H12ClN. The molecule has 1 nitrogen and oxygen atoms in total. The van der Waals surface area contributed by atoms with E-state index in [2.05, 4.69) is 23.2 Å². The smallest absolute Gasteiger partial charge is 0.0480 e. The first-order valence-corrected chi connectivity index (χ1v) is 5.42. The number of hydrogen-bond donors (Lipinski definition) is 0. The highest BCUT2D eigenvalue weighted by Gasteiger charge is 2.05. The third-order valence-electron chi connectivity index (χ3n) is 2.46. The van der Waals surface area contributed by atoms with Crippen molar-refractivity contribution in [2.75, 3.05) is 0 Å². The van der Waals surface area contributed by atoms with Gasteiger partial charge in [0.25, 0.3) is 0 Å². The third kappa shape index (κ3) is 2.02. The van der Waals surface area contributed by atoms with Gasteiger partial charge in [0.2, 0.25) is 0 Å². The van der Waals surface area contributed by atoms with Gasteiger partial charge in [-0.3, -0.25) is 4.98 Å². The van der Waals surface area contributed by atoms with Crippen molar-refractivity contribution >= 4 is 11.6 Å². The van der Waals surface area contributed by atoms with Gasteiger partial charge in [0, 0.05) is 23.3 Å². The first-order chi connectivity index (χ1) is 7.33. The molecule has 1 aromatic carbocycles. The topological polar surface area (TPSA) is 12.9 Å². The molecule has 2 aromatic rings. The summed E-state index contributed by atoms with van der Waals surface area (Å²) in [7, 11) is 0. The summed E-state index contributed by atoms with van der Waals surface area (Å²) >= 11 is 5.91. The molecule has 76 valence electrons. The molecule has 0 spiro atoms. The third-order valence-corrected chi connectivity index (χ3v) is 2.75. The Bertz CT molecular complexity index is 466. The number of nitrogens with zero attached hydrogens (tertiary/aromatic N) is 1. The highest BCUT2D eigenvalue weighted by Crippen LogP contribution is 2.26. The number of aryl methyl sites for hydroxylation is 1. The molecule has 0 radical (unpaired) electrons. The quantitative estimate of drug-likeness (QED) is 0.698. The molecular weight excluding hydrogens is 206 g/mol. The van der Waals surface area contributed by atoms with E-state index in [1.807, 2.05) is 31.3 Å². The largest absolute Gasteiger partial charge is 0.261 e. The summed E-state index contributed by atoms with van der Waals surface area (Å²) in [6.45, 7) is 2.01. The average Bonchev–Trinajstić information content (AvgIpc) is 2.30. The average molecular weight is 218 g/mol. The molecule has 0 unspecified atom stereocenters. The minimum atomic E-state index is 0.532.